The van der Waals surface area contributed by atoms with Gasteiger partial charge >= 0.3 is 5.97 Å². The summed E-state index contributed by atoms with van der Waals surface area (Å²) in [6, 6.07) is 7.96. The van der Waals surface area contributed by atoms with Crippen LogP contribution in [0.15, 0.2) is 24.3 Å². The van der Waals surface area contributed by atoms with Gasteiger partial charge in [-0.1, -0.05) is 29.8 Å². The van der Waals surface area contributed by atoms with Crippen LogP contribution in [-0.2, 0) is 20.8 Å². The van der Waals surface area contributed by atoms with Gasteiger partial charge in [-0.3, -0.25) is 9.59 Å². The number of aryl methyl sites for hydroxylation is 2. The van der Waals surface area contributed by atoms with Crippen LogP contribution in [0, 0.1) is 6.92 Å². The van der Waals surface area contributed by atoms with Crippen LogP contribution in [0.25, 0.3) is 0 Å². The number of carbonyl (C=O) groups excluding carboxylic acids is 2. The lowest BCUT2D eigenvalue weighted by Crippen LogP contribution is -2.53. The van der Waals surface area contributed by atoms with Gasteiger partial charge in [0.05, 0.1) is 6.54 Å². The Morgan fingerprint density at radius 3 is 2.54 bits per heavy atom. The first-order valence-corrected chi connectivity index (χ1v) is 8.19. The van der Waals surface area contributed by atoms with E-state index in [2.05, 4.69) is 5.32 Å². The van der Waals surface area contributed by atoms with Crippen molar-refractivity contribution in [2.24, 2.45) is 0 Å². The van der Waals surface area contributed by atoms with E-state index in [1.165, 1.54) is 10.5 Å². The van der Waals surface area contributed by atoms with Crippen LogP contribution in [0.1, 0.15) is 37.3 Å². The van der Waals surface area contributed by atoms with E-state index in [0.717, 1.165) is 5.56 Å². The Bertz CT molecular complexity index is 626. The largest absolute Gasteiger partial charge is 0.480 e. The Labute approximate surface area is 141 Å². The van der Waals surface area contributed by atoms with Gasteiger partial charge in [-0.25, -0.2) is 4.79 Å². The number of carboxylic acid groups (broad SMARTS) is 1. The predicted octanol–water partition coefficient (Wildman–Crippen LogP) is 1.51. The number of carboxylic acids is 1. The van der Waals surface area contributed by atoms with Crippen LogP contribution in [0.5, 0.6) is 0 Å². The molecular weight excluding hydrogens is 308 g/mol. The summed E-state index contributed by atoms with van der Waals surface area (Å²) in [4.78, 5) is 36.9. The van der Waals surface area contributed by atoms with Gasteiger partial charge in [-0.15, -0.1) is 0 Å². The minimum absolute atomic E-state index is 0.157. The fourth-order valence-electron chi connectivity index (χ4n) is 2.96. The molecule has 1 aliphatic rings. The number of aliphatic carboxylic acids is 1. The summed E-state index contributed by atoms with van der Waals surface area (Å²) in [5.74, 6) is -1.56. The van der Waals surface area contributed by atoms with Gasteiger partial charge in [-0.2, -0.15) is 0 Å². The molecule has 6 nitrogen and oxygen atoms in total. The van der Waals surface area contributed by atoms with Crippen molar-refractivity contribution >= 4 is 17.8 Å². The number of hydrogen-bond donors (Lipinski definition) is 2. The average Bonchev–Trinajstić information content (AvgIpc) is 2.95. The number of hydrogen-bond acceptors (Lipinski definition) is 3. The molecule has 0 aliphatic carbocycles. The summed E-state index contributed by atoms with van der Waals surface area (Å²) in [6.07, 6.45) is 2.01. The van der Waals surface area contributed by atoms with Crippen LogP contribution < -0.4 is 5.32 Å². The lowest BCUT2D eigenvalue weighted by Gasteiger charge is -2.31. The molecule has 0 radical (unpaired) electrons. The van der Waals surface area contributed by atoms with Crippen molar-refractivity contribution in [3.05, 3.63) is 35.4 Å². The second-order valence-electron chi connectivity index (χ2n) is 6.49. The Morgan fingerprint density at radius 1 is 1.25 bits per heavy atom. The number of nitrogens with one attached hydrogen (secondary N) is 1. The van der Waals surface area contributed by atoms with Gasteiger partial charge in [0.15, 0.2) is 0 Å². The molecule has 24 heavy (non-hydrogen) atoms. The van der Waals surface area contributed by atoms with E-state index >= 15 is 0 Å². The van der Waals surface area contributed by atoms with Crippen molar-refractivity contribution in [2.45, 2.75) is 45.1 Å². The molecule has 1 fully saturated rings. The van der Waals surface area contributed by atoms with Crippen LogP contribution >= 0.6 is 0 Å². The molecule has 1 aliphatic heterocycles. The predicted molar refractivity (Wildman–Crippen MR) is 89.5 cm³/mol. The highest BCUT2D eigenvalue weighted by Gasteiger charge is 2.45. The van der Waals surface area contributed by atoms with Crippen molar-refractivity contribution in [1.82, 2.24) is 10.2 Å². The Hall–Kier alpha value is -2.37. The van der Waals surface area contributed by atoms with Gasteiger partial charge in [0.2, 0.25) is 11.8 Å². The summed E-state index contributed by atoms with van der Waals surface area (Å²) in [7, 11) is 0. The molecule has 0 aromatic heterocycles. The summed E-state index contributed by atoms with van der Waals surface area (Å²) < 4.78 is 0. The maximum Gasteiger partial charge on any atom is 0.329 e. The van der Waals surface area contributed by atoms with Gasteiger partial charge in [0.1, 0.15) is 5.54 Å². The average molecular weight is 332 g/mol. The highest BCUT2D eigenvalue weighted by atomic mass is 16.4. The molecule has 0 saturated carbocycles. The van der Waals surface area contributed by atoms with Gasteiger partial charge < -0.3 is 15.3 Å². The fourth-order valence-corrected chi connectivity index (χ4v) is 2.96. The minimum Gasteiger partial charge on any atom is -0.480 e. The second-order valence-corrected chi connectivity index (χ2v) is 6.49. The highest BCUT2D eigenvalue weighted by molar-refractivity contribution is 5.90. The molecule has 1 atom stereocenters. The monoisotopic (exact) mass is 332 g/mol. The first-order chi connectivity index (χ1) is 11.3. The molecule has 1 aromatic rings. The summed E-state index contributed by atoms with van der Waals surface area (Å²) in [5.41, 5.74) is 1.07. The Balaban J connectivity index is 1.80. The van der Waals surface area contributed by atoms with E-state index in [4.69, 9.17) is 0 Å². The lowest BCUT2D eigenvalue weighted by molar-refractivity contribution is -0.155. The molecule has 2 amide bonds. The molecule has 130 valence electrons. The quantitative estimate of drug-likeness (QED) is 0.827. The topological polar surface area (TPSA) is 86.7 Å². The fraction of sp³-hybridized carbons (Fsp3) is 0.500. The van der Waals surface area contributed by atoms with Crippen LogP contribution in [0.2, 0.25) is 0 Å². The first kappa shape index (κ1) is 18.0. The van der Waals surface area contributed by atoms with Crippen LogP contribution in [0.4, 0.5) is 0 Å². The van der Waals surface area contributed by atoms with E-state index in [-0.39, 0.29) is 18.4 Å². The SMILES string of the molecule is Cc1ccc(CCC(=O)NCC(=O)N2CCCC2(C)C(=O)O)cc1. The smallest absolute Gasteiger partial charge is 0.329 e. The molecular formula is C18H24N2O4. The third-order valence-corrected chi connectivity index (χ3v) is 4.60. The molecule has 6 heteroatoms. The molecule has 1 heterocycles. The molecule has 1 aromatic carbocycles. The van der Waals surface area contributed by atoms with Crippen molar-refractivity contribution in [1.29, 1.82) is 0 Å². The van der Waals surface area contributed by atoms with Crippen LogP contribution in [0.3, 0.4) is 0 Å². The summed E-state index contributed by atoms with van der Waals surface area (Å²) in [6.45, 7) is 3.82. The molecule has 0 spiro atoms. The number of rotatable bonds is 6. The van der Waals surface area contributed by atoms with Crippen molar-refractivity contribution in [3.63, 3.8) is 0 Å². The van der Waals surface area contributed by atoms with E-state index in [0.29, 0.717) is 32.2 Å². The zero-order chi connectivity index (χ0) is 17.7. The van der Waals surface area contributed by atoms with Gasteiger partial charge in [0.25, 0.3) is 0 Å². The minimum atomic E-state index is -1.16. The van der Waals surface area contributed by atoms with E-state index in [1.807, 2.05) is 31.2 Å². The number of amides is 2. The zero-order valence-electron chi connectivity index (χ0n) is 14.2. The summed E-state index contributed by atoms with van der Waals surface area (Å²) in [5, 5.41) is 11.9. The number of nitrogens with zero attached hydrogens (tertiary/aromatic N) is 1. The third kappa shape index (κ3) is 4.13. The highest BCUT2D eigenvalue weighted by Crippen LogP contribution is 2.29. The molecule has 1 unspecified atom stereocenters. The van der Waals surface area contributed by atoms with Crippen molar-refractivity contribution in [3.8, 4) is 0 Å². The number of likely N-dealkylation sites (tertiary alicyclic amines) is 1. The summed E-state index contributed by atoms with van der Waals surface area (Å²) >= 11 is 0. The molecule has 2 N–H and O–H groups in total. The van der Waals surface area contributed by atoms with Gasteiger partial charge in [0, 0.05) is 13.0 Å². The standard InChI is InChI=1S/C18H24N2O4/c1-13-4-6-14(7-5-13)8-9-15(21)19-12-16(22)20-11-3-10-18(20,2)17(23)24/h4-7H,3,8-12H2,1-2H3,(H,19,21)(H,23,24). The molecule has 0 bridgehead atoms. The van der Waals surface area contributed by atoms with E-state index in [1.54, 1.807) is 6.92 Å². The Morgan fingerprint density at radius 2 is 1.92 bits per heavy atom. The number of benzene rings is 1. The zero-order valence-corrected chi connectivity index (χ0v) is 14.2. The normalized spacial score (nSPS) is 20.0. The van der Waals surface area contributed by atoms with E-state index < -0.39 is 11.5 Å². The van der Waals surface area contributed by atoms with E-state index in [9.17, 15) is 19.5 Å². The molecule has 2 rings (SSSR count). The van der Waals surface area contributed by atoms with Crippen LogP contribution in [-0.4, -0.2) is 46.4 Å². The molecule has 1 saturated heterocycles. The maximum atomic E-state index is 12.2. The maximum absolute atomic E-state index is 12.2. The third-order valence-electron chi connectivity index (χ3n) is 4.60. The number of carbonyl (C=O) groups is 3. The van der Waals surface area contributed by atoms with Crippen molar-refractivity contribution in [2.75, 3.05) is 13.1 Å². The lowest BCUT2D eigenvalue weighted by atomic mass is 9.99. The second kappa shape index (κ2) is 7.47. The van der Waals surface area contributed by atoms with Crippen molar-refractivity contribution < 1.29 is 19.5 Å². The van der Waals surface area contributed by atoms with Gasteiger partial charge in [-0.05, 0) is 38.7 Å². The first-order valence-electron chi connectivity index (χ1n) is 8.19. The Kier molecular flexibility index (Phi) is 5.59.